The van der Waals surface area contributed by atoms with Gasteiger partial charge in [-0.1, -0.05) is 6.07 Å². The molecule has 0 saturated carbocycles. The van der Waals surface area contributed by atoms with Crippen molar-refractivity contribution < 1.29 is 23.8 Å². The summed E-state index contributed by atoms with van der Waals surface area (Å²) in [4.78, 5) is 24.1. The summed E-state index contributed by atoms with van der Waals surface area (Å²) in [5.41, 5.74) is 1.06. The van der Waals surface area contributed by atoms with Crippen LogP contribution < -0.4 is 4.74 Å². The molecule has 0 radical (unpaired) electrons. The summed E-state index contributed by atoms with van der Waals surface area (Å²) in [6, 6.07) is 11.0. The number of ketones is 1. The fourth-order valence-electron chi connectivity index (χ4n) is 2.50. The minimum atomic E-state index is -0.566. The van der Waals surface area contributed by atoms with Gasteiger partial charge in [0.15, 0.2) is 0 Å². The Labute approximate surface area is 132 Å². The quantitative estimate of drug-likeness (QED) is 0.494. The van der Waals surface area contributed by atoms with Gasteiger partial charge in [-0.05, 0) is 30.3 Å². The van der Waals surface area contributed by atoms with Crippen molar-refractivity contribution in [2.45, 2.75) is 0 Å². The van der Waals surface area contributed by atoms with Crippen LogP contribution >= 0.6 is 0 Å². The maximum atomic E-state index is 12.5. The lowest BCUT2D eigenvalue weighted by atomic mass is 10.0. The number of hydrogen-bond acceptors (Lipinski definition) is 5. The Hall–Kier alpha value is -3.15. The van der Waals surface area contributed by atoms with E-state index in [1.165, 1.54) is 32.4 Å². The Morgan fingerprint density at radius 2 is 1.91 bits per heavy atom. The van der Waals surface area contributed by atoms with E-state index in [1.54, 1.807) is 24.3 Å². The lowest BCUT2D eigenvalue weighted by molar-refractivity contribution is -0.355. The van der Waals surface area contributed by atoms with Crippen molar-refractivity contribution in [1.82, 2.24) is 0 Å². The number of ether oxygens (including phenoxy) is 2. The maximum absolute atomic E-state index is 12.5. The molecule has 6 heteroatoms. The van der Waals surface area contributed by atoms with Gasteiger partial charge in [0.2, 0.25) is 5.69 Å². The molecule has 0 atom stereocenters. The number of benzene rings is 2. The van der Waals surface area contributed by atoms with Gasteiger partial charge in [0, 0.05) is 6.07 Å². The van der Waals surface area contributed by atoms with Crippen molar-refractivity contribution in [3.05, 3.63) is 64.4 Å². The Morgan fingerprint density at radius 1 is 1.13 bits per heavy atom. The largest absolute Gasteiger partial charge is 0.618 e. The van der Waals surface area contributed by atoms with Crippen LogP contribution in [-0.2, 0) is 4.74 Å². The Balaban J connectivity index is 2.13. The third-order valence-electron chi connectivity index (χ3n) is 3.64. The van der Waals surface area contributed by atoms with Gasteiger partial charge >= 0.3 is 5.97 Å². The standard InChI is InChI=1S/C17H13NO5/c1-22-12-5-3-4-10(8-12)15-16(19)13-7-6-11(17(20)23-2)9-14(13)18(15)21/h3-9H,1-2H3. The highest BCUT2D eigenvalue weighted by Crippen LogP contribution is 2.30. The number of rotatable bonds is 3. The SMILES string of the molecule is COC(=O)c1ccc2c(c1)[N+]([O-])=C(c1cccc(OC)c1)C2=O. The summed E-state index contributed by atoms with van der Waals surface area (Å²) in [5.74, 6) is -0.412. The molecule has 0 aromatic heterocycles. The number of Topliss-reactive ketones (excluding diaryl/α,β-unsaturated/α-hetero) is 1. The maximum Gasteiger partial charge on any atom is 0.338 e. The second-order valence-electron chi connectivity index (χ2n) is 4.93. The summed E-state index contributed by atoms with van der Waals surface area (Å²) in [6.07, 6.45) is 0. The lowest BCUT2D eigenvalue weighted by Crippen LogP contribution is -2.16. The number of hydrogen-bond donors (Lipinski definition) is 0. The Morgan fingerprint density at radius 3 is 2.61 bits per heavy atom. The van der Waals surface area contributed by atoms with Crippen molar-refractivity contribution in [3.8, 4) is 5.75 Å². The molecule has 116 valence electrons. The molecule has 0 amide bonds. The van der Waals surface area contributed by atoms with Crippen LogP contribution in [0.15, 0.2) is 42.5 Å². The summed E-state index contributed by atoms with van der Waals surface area (Å²) >= 11 is 0. The van der Waals surface area contributed by atoms with Crippen molar-refractivity contribution >= 4 is 23.2 Å². The molecule has 1 heterocycles. The molecule has 0 bridgehead atoms. The van der Waals surface area contributed by atoms with Crippen LogP contribution in [0.2, 0.25) is 0 Å². The van der Waals surface area contributed by atoms with Gasteiger partial charge in [-0.3, -0.25) is 4.79 Å². The van der Waals surface area contributed by atoms with E-state index >= 15 is 0 Å². The molecule has 23 heavy (non-hydrogen) atoms. The predicted octanol–water partition coefficient (Wildman–Crippen LogP) is 2.31. The van der Waals surface area contributed by atoms with Crippen molar-refractivity contribution in [2.75, 3.05) is 14.2 Å². The smallest absolute Gasteiger partial charge is 0.338 e. The summed E-state index contributed by atoms with van der Waals surface area (Å²) in [6.45, 7) is 0. The topological polar surface area (TPSA) is 78.7 Å². The molecule has 1 aliphatic heterocycles. The molecule has 3 rings (SSSR count). The van der Waals surface area contributed by atoms with Crippen molar-refractivity contribution in [3.63, 3.8) is 0 Å². The first-order valence-corrected chi connectivity index (χ1v) is 6.82. The third-order valence-corrected chi connectivity index (χ3v) is 3.64. The number of carbonyl (C=O) groups excluding carboxylic acids is 2. The van der Waals surface area contributed by atoms with Crippen LogP contribution in [0, 0.1) is 5.21 Å². The summed E-state index contributed by atoms with van der Waals surface area (Å²) < 4.78 is 10.3. The molecule has 2 aromatic carbocycles. The zero-order chi connectivity index (χ0) is 16.6. The van der Waals surface area contributed by atoms with Crippen LogP contribution in [0.4, 0.5) is 5.69 Å². The number of methoxy groups -OCH3 is 2. The minimum absolute atomic E-state index is 0.000848. The first-order valence-electron chi connectivity index (χ1n) is 6.82. The fourth-order valence-corrected chi connectivity index (χ4v) is 2.50. The Kier molecular flexibility index (Phi) is 3.57. The van der Waals surface area contributed by atoms with Gasteiger partial charge in [0.25, 0.3) is 11.5 Å². The van der Waals surface area contributed by atoms with Gasteiger partial charge in [0.1, 0.15) is 11.3 Å². The first kappa shape index (κ1) is 14.8. The molecule has 0 saturated heterocycles. The third kappa shape index (κ3) is 2.34. The van der Waals surface area contributed by atoms with Crippen LogP contribution in [0.25, 0.3) is 0 Å². The van der Waals surface area contributed by atoms with Gasteiger partial charge in [-0.15, -0.1) is 0 Å². The highest BCUT2D eigenvalue weighted by atomic mass is 16.5. The highest BCUT2D eigenvalue weighted by Gasteiger charge is 2.37. The minimum Gasteiger partial charge on any atom is -0.618 e. The summed E-state index contributed by atoms with van der Waals surface area (Å²) in [5, 5.41) is 12.5. The number of carbonyl (C=O) groups is 2. The van der Waals surface area contributed by atoms with Gasteiger partial charge in [0.05, 0.1) is 25.3 Å². The number of nitrogens with zero attached hydrogens (tertiary/aromatic N) is 1. The monoisotopic (exact) mass is 311 g/mol. The number of fused-ring (bicyclic) bond motifs is 1. The van der Waals surface area contributed by atoms with Crippen LogP contribution in [0.1, 0.15) is 26.3 Å². The Bertz CT molecular complexity index is 854. The lowest BCUT2D eigenvalue weighted by Gasteiger charge is -2.04. The molecular formula is C17H13NO5. The molecule has 0 N–H and O–H groups in total. The van der Waals surface area contributed by atoms with E-state index in [2.05, 4.69) is 4.74 Å². The average Bonchev–Trinajstić information content (AvgIpc) is 2.84. The summed E-state index contributed by atoms with van der Waals surface area (Å²) in [7, 11) is 2.76. The van der Waals surface area contributed by atoms with Crippen LogP contribution in [0.5, 0.6) is 5.75 Å². The van der Waals surface area contributed by atoms with Gasteiger partial charge < -0.3 is 14.7 Å². The molecule has 0 unspecified atom stereocenters. The molecule has 1 aliphatic rings. The molecule has 0 spiro atoms. The van der Waals surface area contributed by atoms with E-state index in [0.717, 1.165) is 0 Å². The average molecular weight is 311 g/mol. The van der Waals surface area contributed by atoms with Crippen molar-refractivity contribution in [1.29, 1.82) is 0 Å². The van der Waals surface area contributed by atoms with Crippen LogP contribution in [-0.4, -0.2) is 36.4 Å². The second kappa shape index (κ2) is 5.57. The number of esters is 1. The zero-order valence-corrected chi connectivity index (χ0v) is 12.5. The highest BCUT2D eigenvalue weighted by molar-refractivity contribution is 6.52. The fraction of sp³-hybridized carbons (Fsp3) is 0.118. The molecule has 6 nitrogen and oxygen atoms in total. The van der Waals surface area contributed by atoms with E-state index < -0.39 is 5.97 Å². The zero-order valence-electron chi connectivity index (χ0n) is 12.5. The molecule has 2 aromatic rings. The van der Waals surface area contributed by atoms with E-state index in [9.17, 15) is 14.8 Å². The van der Waals surface area contributed by atoms with Crippen LogP contribution in [0.3, 0.4) is 0 Å². The molecule has 0 fully saturated rings. The van der Waals surface area contributed by atoms with E-state index in [-0.39, 0.29) is 28.3 Å². The van der Waals surface area contributed by atoms with Gasteiger partial charge in [-0.25, -0.2) is 4.79 Å². The van der Waals surface area contributed by atoms with Crippen molar-refractivity contribution in [2.24, 2.45) is 0 Å². The first-order chi connectivity index (χ1) is 11.1. The molecule has 0 aliphatic carbocycles. The second-order valence-corrected chi connectivity index (χ2v) is 4.93. The van der Waals surface area contributed by atoms with E-state index in [1.807, 2.05) is 0 Å². The normalized spacial score (nSPS) is 13.0. The van der Waals surface area contributed by atoms with E-state index in [4.69, 9.17) is 4.74 Å². The van der Waals surface area contributed by atoms with Gasteiger partial charge in [-0.2, -0.15) is 4.74 Å². The predicted molar refractivity (Wildman–Crippen MR) is 82.5 cm³/mol. The molecular weight excluding hydrogens is 298 g/mol. The van der Waals surface area contributed by atoms with E-state index in [0.29, 0.717) is 16.1 Å².